The van der Waals surface area contributed by atoms with Crippen LogP contribution in [0.2, 0.25) is 0 Å². The van der Waals surface area contributed by atoms with Gasteiger partial charge in [-0.1, -0.05) is 0 Å². The van der Waals surface area contributed by atoms with Gasteiger partial charge in [0, 0.05) is 0 Å². The molecule has 0 saturated carbocycles. The number of nitrogens with zero attached hydrogens (tertiary/aromatic N) is 1. The van der Waals surface area contributed by atoms with Crippen LogP contribution in [0.15, 0.2) is 12.5 Å². The Morgan fingerprint density at radius 2 is 2.29 bits per heavy atom. The van der Waals surface area contributed by atoms with Crippen LogP contribution in [0.1, 0.15) is 5.69 Å². The molecule has 6 N–H and O–H groups in total. The zero-order valence-electron chi connectivity index (χ0n) is 7.37. The van der Waals surface area contributed by atoms with Crippen molar-refractivity contribution in [2.24, 2.45) is 5.73 Å². The number of hydrogen-bond donors (Lipinski definition) is 5. The summed E-state index contributed by atoms with van der Waals surface area (Å²) in [6.07, 6.45) is 3.61. The summed E-state index contributed by atoms with van der Waals surface area (Å²) in [7, 11) is 0. The van der Waals surface area contributed by atoms with Crippen LogP contribution < -0.4 is 5.73 Å². The molecule has 7 nitrogen and oxygen atoms in total. The van der Waals surface area contributed by atoms with Gasteiger partial charge in [0.1, 0.15) is 0 Å². The van der Waals surface area contributed by atoms with Crippen molar-refractivity contribution in [3.8, 4) is 0 Å². The monoisotopic (exact) mass is 266 g/mol. The zero-order valence-corrected chi connectivity index (χ0v) is 9.24. The molecular weight excluding hydrogens is 253 g/mol. The minimum atomic E-state index is -4.74. The number of rotatable bonds is 5. The maximum absolute atomic E-state index is 8.58. The molecule has 0 aliphatic carbocycles. The molecule has 81 valence electrons. The van der Waals surface area contributed by atoms with Crippen molar-refractivity contribution in [3.05, 3.63) is 18.2 Å². The van der Waals surface area contributed by atoms with E-state index in [1.807, 2.05) is 0 Å². The first-order valence-corrected chi connectivity index (χ1v) is 7.20. The minimum absolute atomic E-state index is 0.102. The van der Waals surface area contributed by atoms with Gasteiger partial charge in [-0.2, -0.15) is 0 Å². The zero-order chi connectivity index (χ0) is 10.6. The third kappa shape index (κ3) is 4.71. The summed E-state index contributed by atoms with van der Waals surface area (Å²) in [4.78, 5) is 6.64. The fraction of sp³-hybridized carbons (Fsp3) is 0.500. The van der Waals surface area contributed by atoms with E-state index in [-0.39, 0.29) is 6.61 Å². The second kappa shape index (κ2) is 4.88. The molecule has 0 bridgehead atoms. The summed E-state index contributed by atoms with van der Waals surface area (Å²) < 4.78 is 30.2. The molecule has 0 amide bonds. The topological polar surface area (TPSA) is 125 Å². The third-order valence-corrected chi connectivity index (χ3v) is 2.54. The molecule has 8 heteroatoms. The molecule has 0 aliphatic heterocycles. The van der Waals surface area contributed by atoms with Gasteiger partial charge in [-0.3, -0.25) is 0 Å². The van der Waals surface area contributed by atoms with E-state index in [4.69, 9.17) is 18.0 Å². The Balaban J connectivity index is 2.26. The number of nitrogens with one attached hydrogen (secondary N) is 1. The van der Waals surface area contributed by atoms with E-state index in [1.54, 1.807) is 6.20 Å². The summed E-state index contributed by atoms with van der Waals surface area (Å²) >= 11 is -4.74. The molecule has 0 saturated heterocycles. The summed E-state index contributed by atoms with van der Waals surface area (Å²) in [5, 5.41) is 0. The fourth-order valence-electron chi connectivity index (χ4n) is 0.933. The average Bonchev–Trinajstić information content (AvgIpc) is 2.52. The van der Waals surface area contributed by atoms with Crippen LogP contribution in [0, 0.1) is 0 Å². The second-order valence-electron chi connectivity index (χ2n) is 2.85. The Morgan fingerprint density at radius 1 is 1.57 bits per heavy atom. The molecule has 1 aromatic rings. The Hall–Kier alpha value is -0.432. The van der Waals surface area contributed by atoms with Crippen molar-refractivity contribution in [1.82, 2.24) is 9.97 Å². The number of aromatic amines is 1. The van der Waals surface area contributed by atoms with Gasteiger partial charge in [0.05, 0.1) is 0 Å². The first kappa shape index (κ1) is 11.6. The quantitative estimate of drug-likeness (QED) is 0.382. The van der Waals surface area contributed by atoms with Gasteiger partial charge in [0.25, 0.3) is 0 Å². The third-order valence-electron chi connectivity index (χ3n) is 1.50. The Bertz CT molecular complexity index is 261. The van der Waals surface area contributed by atoms with E-state index in [0.29, 0.717) is 6.42 Å². The summed E-state index contributed by atoms with van der Waals surface area (Å²) in [6, 6.07) is -0.414. The number of imidazole rings is 1. The number of hydrogen-bond acceptors (Lipinski definition) is 6. The van der Waals surface area contributed by atoms with Crippen molar-refractivity contribution in [3.63, 3.8) is 0 Å². The standard InChI is InChI=1S/C6H13AsN3O4/c8-5(3-14-7(11,12)13)1-6-2-9-4-10-6/h2,4-5,11-13H,1,3,8H2,(H,9,10)/t5-/m0/s1. The number of nitrogens with two attached hydrogens (primary N) is 1. The van der Waals surface area contributed by atoms with Crippen LogP contribution in [0.25, 0.3) is 0 Å². The van der Waals surface area contributed by atoms with Crippen LogP contribution >= 0.6 is 0 Å². The molecule has 0 fully saturated rings. The normalized spacial score (nSPS) is 14.3. The fourth-order valence-corrected chi connectivity index (χ4v) is 1.75. The molecule has 0 unspecified atom stereocenters. The van der Waals surface area contributed by atoms with Crippen LogP contribution in [0.3, 0.4) is 0 Å². The molecular formula is C6H13AsN3O4. The van der Waals surface area contributed by atoms with Crippen molar-refractivity contribution >= 4 is 14.9 Å². The molecule has 1 radical (unpaired) electrons. The van der Waals surface area contributed by atoms with Gasteiger partial charge in [0.2, 0.25) is 0 Å². The van der Waals surface area contributed by atoms with E-state index < -0.39 is 21.0 Å². The van der Waals surface area contributed by atoms with Crippen LogP contribution in [0.4, 0.5) is 0 Å². The Kier molecular flexibility index (Phi) is 4.06. The van der Waals surface area contributed by atoms with Crippen molar-refractivity contribution in [2.75, 3.05) is 6.61 Å². The van der Waals surface area contributed by atoms with Crippen LogP contribution in [-0.2, 0) is 10.1 Å². The van der Waals surface area contributed by atoms with E-state index in [2.05, 4.69) is 13.7 Å². The van der Waals surface area contributed by atoms with Gasteiger partial charge in [-0.25, -0.2) is 0 Å². The van der Waals surface area contributed by atoms with Gasteiger partial charge in [0.15, 0.2) is 0 Å². The molecule has 1 atom stereocenters. The number of H-pyrrole nitrogens is 1. The van der Waals surface area contributed by atoms with Gasteiger partial charge < -0.3 is 0 Å². The maximum atomic E-state index is 8.58. The SMILES string of the molecule is N[C@H](CO[As](O)(O)O)Cc1cnc[nH]1. The second-order valence-corrected chi connectivity index (χ2v) is 5.55. The Morgan fingerprint density at radius 3 is 2.79 bits per heavy atom. The van der Waals surface area contributed by atoms with Crippen molar-refractivity contribution < 1.29 is 16.0 Å². The summed E-state index contributed by atoms with van der Waals surface area (Å²) in [6.45, 7) is -0.102. The van der Waals surface area contributed by atoms with Crippen LogP contribution in [-0.4, -0.2) is 49.8 Å². The molecule has 14 heavy (non-hydrogen) atoms. The van der Waals surface area contributed by atoms with Gasteiger partial charge >= 0.3 is 83.9 Å². The summed E-state index contributed by atoms with van der Waals surface area (Å²) in [5.74, 6) is 0. The molecule has 1 heterocycles. The summed E-state index contributed by atoms with van der Waals surface area (Å²) in [5.41, 5.74) is 6.42. The molecule has 1 aromatic heterocycles. The molecule has 1 rings (SSSR count). The van der Waals surface area contributed by atoms with Gasteiger partial charge in [-0.05, 0) is 0 Å². The molecule has 0 aromatic carbocycles. The Labute approximate surface area is 84.4 Å². The van der Waals surface area contributed by atoms with Gasteiger partial charge in [-0.15, -0.1) is 0 Å². The van der Waals surface area contributed by atoms with E-state index in [9.17, 15) is 0 Å². The molecule has 0 aliphatic rings. The van der Waals surface area contributed by atoms with Crippen molar-refractivity contribution in [2.45, 2.75) is 12.5 Å². The predicted octanol–water partition coefficient (Wildman–Crippen LogP) is -2.29. The van der Waals surface area contributed by atoms with E-state index in [1.165, 1.54) is 6.33 Å². The molecule has 0 spiro atoms. The predicted molar refractivity (Wildman–Crippen MR) is 48.6 cm³/mol. The average molecular weight is 266 g/mol. The van der Waals surface area contributed by atoms with E-state index >= 15 is 0 Å². The van der Waals surface area contributed by atoms with Crippen LogP contribution in [0.5, 0.6) is 0 Å². The first-order chi connectivity index (χ1) is 6.47. The number of aromatic nitrogens is 2. The van der Waals surface area contributed by atoms with Crippen molar-refractivity contribution in [1.29, 1.82) is 0 Å². The van der Waals surface area contributed by atoms with E-state index in [0.717, 1.165) is 5.69 Å². The first-order valence-electron chi connectivity index (χ1n) is 3.92.